The van der Waals surface area contributed by atoms with Gasteiger partial charge in [-0.2, -0.15) is 0 Å². The van der Waals surface area contributed by atoms with Crippen molar-refractivity contribution >= 4 is 23.0 Å². The maximum atomic E-state index is 13.9. The number of nitrogens with zero attached hydrogens (tertiary/aromatic N) is 2. The van der Waals surface area contributed by atoms with E-state index in [1.54, 1.807) is 40.9 Å². The number of aromatic nitrogens is 2. The van der Waals surface area contributed by atoms with E-state index in [0.717, 1.165) is 25.7 Å². The van der Waals surface area contributed by atoms with Gasteiger partial charge in [0.15, 0.2) is 5.69 Å². The molecule has 1 saturated carbocycles. The van der Waals surface area contributed by atoms with Crippen LogP contribution < -0.4 is 10.6 Å². The number of nitrogens with one attached hydrogen (secondary N) is 2. The third-order valence-electron chi connectivity index (χ3n) is 5.28. The van der Waals surface area contributed by atoms with Crippen molar-refractivity contribution in [2.75, 3.05) is 5.32 Å². The fraction of sp³-hybridized carbons (Fsp3) is 0.318. The standard InChI is InChI=1S/C22H23FN4O2/c23-16-11-5-6-12-17(16)25-21(28)19-18-13-7-8-14-27(18)20(26-19)22(29)24-15-9-3-1-2-4-10-15/h5-8,11-15H,1-4,9-10H2,(H,24,29)(H,25,28). The van der Waals surface area contributed by atoms with E-state index in [-0.39, 0.29) is 29.2 Å². The first kappa shape index (κ1) is 19.1. The van der Waals surface area contributed by atoms with E-state index in [2.05, 4.69) is 15.6 Å². The van der Waals surface area contributed by atoms with Crippen LogP contribution in [0.2, 0.25) is 0 Å². The summed E-state index contributed by atoms with van der Waals surface area (Å²) >= 11 is 0. The van der Waals surface area contributed by atoms with E-state index in [1.165, 1.54) is 25.0 Å². The summed E-state index contributed by atoms with van der Waals surface area (Å²) in [7, 11) is 0. The summed E-state index contributed by atoms with van der Waals surface area (Å²) in [6.45, 7) is 0. The molecule has 2 aromatic heterocycles. The molecule has 4 rings (SSSR count). The van der Waals surface area contributed by atoms with Crippen molar-refractivity contribution in [2.24, 2.45) is 0 Å². The Morgan fingerprint density at radius 1 is 0.966 bits per heavy atom. The number of halogens is 1. The van der Waals surface area contributed by atoms with E-state index in [0.29, 0.717) is 5.52 Å². The van der Waals surface area contributed by atoms with Crippen molar-refractivity contribution in [3.63, 3.8) is 0 Å². The molecule has 7 heteroatoms. The number of carbonyl (C=O) groups is 2. The molecule has 0 spiro atoms. The van der Waals surface area contributed by atoms with Gasteiger partial charge in [-0.1, -0.05) is 43.9 Å². The number of hydrogen-bond acceptors (Lipinski definition) is 3. The van der Waals surface area contributed by atoms with Crippen molar-refractivity contribution in [3.05, 3.63) is 66.0 Å². The number of carbonyl (C=O) groups excluding carboxylic acids is 2. The van der Waals surface area contributed by atoms with Crippen LogP contribution in [0.5, 0.6) is 0 Å². The van der Waals surface area contributed by atoms with Gasteiger partial charge in [0, 0.05) is 12.2 Å². The Bertz CT molecular complexity index is 1040. The molecule has 0 saturated heterocycles. The lowest BCUT2D eigenvalue weighted by Crippen LogP contribution is -2.35. The van der Waals surface area contributed by atoms with Crippen molar-refractivity contribution in [3.8, 4) is 0 Å². The second-order valence-corrected chi connectivity index (χ2v) is 7.34. The SMILES string of the molecule is O=C(Nc1ccccc1F)c1nc(C(=O)NC2CCCCCC2)n2ccccc12. The number of fused-ring (bicyclic) bond motifs is 1. The topological polar surface area (TPSA) is 75.5 Å². The molecular formula is C22H23FN4O2. The normalized spacial score (nSPS) is 15.1. The minimum atomic E-state index is -0.563. The summed E-state index contributed by atoms with van der Waals surface area (Å²) in [5.74, 6) is -1.24. The van der Waals surface area contributed by atoms with Crippen LogP contribution in [0.15, 0.2) is 48.7 Å². The molecule has 0 atom stereocenters. The van der Waals surface area contributed by atoms with Gasteiger partial charge in [0.05, 0.1) is 11.2 Å². The number of para-hydroxylation sites is 1. The lowest BCUT2D eigenvalue weighted by Gasteiger charge is -2.15. The third-order valence-corrected chi connectivity index (χ3v) is 5.28. The van der Waals surface area contributed by atoms with Crippen LogP contribution in [0.1, 0.15) is 59.6 Å². The molecule has 1 aliphatic carbocycles. The number of amides is 2. The van der Waals surface area contributed by atoms with E-state index >= 15 is 0 Å². The fourth-order valence-corrected chi connectivity index (χ4v) is 3.78. The average molecular weight is 394 g/mol. The van der Waals surface area contributed by atoms with Crippen LogP contribution in [-0.4, -0.2) is 27.2 Å². The highest BCUT2D eigenvalue weighted by atomic mass is 19.1. The molecule has 0 unspecified atom stereocenters. The van der Waals surface area contributed by atoms with Crippen LogP contribution in [-0.2, 0) is 0 Å². The summed E-state index contributed by atoms with van der Waals surface area (Å²) < 4.78 is 15.5. The molecule has 150 valence electrons. The summed E-state index contributed by atoms with van der Waals surface area (Å²) in [4.78, 5) is 30.0. The molecule has 0 bridgehead atoms. The number of hydrogen-bond donors (Lipinski definition) is 2. The van der Waals surface area contributed by atoms with E-state index < -0.39 is 11.7 Å². The highest BCUT2D eigenvalue weighted by molar-refractivity contribution is 6.09. The first-order valence-electron chi connectivity index (χ1n) is 9.97. The summed E-state index contributed by atoms with van der Waals surface area (Å²) in [5.41, 5.74) is 0.645. The first-order valence-corrected chi connectivity index (χ1v) is 9.97. The van der Waals surface area contributed by atoms with Crippen molar-refractivity contribution in [2.45, 2.75) is 44.6 Å². The number of pyridine rings is 1. The molecule has 1 fully saturated rings. The quantitative estimate of drug-likeness (QED) is 0.652. The van der Waals surface area contributed by atoms with Gasteiger partial charge in [-0.25, -0.2) is 9.37 Å². The zero-order valence-corrected chi connectivity index (χ0v) is 16.0. The zero-order chi connectivity index (χ0) is 20.2. The monoisotopic (exact) mass is 394 g/mol. The van der Waals surface area contributed by atoms with Gasteiger partial charge in [0.1, 0.15) is 5.82 Å². The molecule has 6 nitrogen and oxygen atoms in total. The number of imidazole rings is 1. The molecule has 1 aromatic carbocycles. The van der Waals surface area contributed by atoms with Crippen LogP contribution in [0.3, 0.4) is 0 Å². The molecule has 3 aromatic rings. The highest BCUT2D eigenvalue weighted by Gasteiger charge is 2.24. The maximum Gasteiger partial charge on any atom is 0.287 e. The number of rotatable bonds is 4. The largest absolute Gasteiger partial charge is 0.347 e. The Morgan fingerprint density at radius 3 is 2.45 bits per heavy atom. The Balaban J connectivity index is 1.61. The molecule has 0 radical (unpaired) electrons. The first-order chi connectivity index (χ1) is 14.1. The smallest absolute Gasteiger partial charge is 0.287 e. The summed E-state index contributed by atoms with van der Waals surface area (Å²) in [5, 5.41) is 5.60. The van der Waals surface area contributed by atoms with Crippen LogP contribution in [0.4, 0.5) is 10.1 Å². The molecule has 2 amide bonds. The predicted octanol–water partition coefficient (Wildman–Crippen LogP) is 4.18. The zero-order valence-electron chi connectivity index (χ0n) is 16.0. The van der Waals surface area contributed by atoms with Crippen molar-refractivity contribution in [1.82, 2.24) is 14.7 Å². The second kappa shape index (κ2) is 8.43. The Kier molecular flexibility index (Phi) is 5.55. The molecule has 2 heterocycles. The lowest BCUT2D eigenvalue weighted by atomic mass is 10.1. The molecule has 2 N–H and O–H groups in total. The van der Waals surface area contributed by atoms with E-state index in [9.17, 15) is 14.0 Å². The van der Waals surface area contributed by atoms with Gasteiger partial charge in [-0.3, -0.25) is 14.0 Å². The lowest BCUT2D eigenvalue weighted by molar-refractivity contribution is 0.0922. The Morgan fingerprint density at radius 2 is 1.69 bits per heavy atom. The molecule has 29 heavy (non-hydrogen) atoms. The fourth-order valence-electron chi connectivity index (χ4n) is 3.78. The van der Waals surface area contributed by atoms with Crippen molar-refractivity contribution in [1.29, 1.82) is 0 Å². The number of benzene rings is 1. The average Bonchev–Trinajstić information content (AvgIpc) is 2.93. The third kappa shape index (κ3) is 4.13. The maximum absolute atomic E-state index is 13.9. The van der Waals surface area contributed by atoms with Gasteiger partial charge in [-0.15, -0.1) is 0 Å². The summed E-state index contributed by atoms with van der Waals surface area (Å²) in [6.07, 6.45) is 8.20. The van der Waals surface area contributed by atoms with Gasteiger partial charge in [-0.05, 0) is 37.1 Å². The molecular weight excluding hydrogens is 371 g/mol. The molecule has 0 aliphatic heterocycles. The second-order valence-electron chi connectivity index (χ2n) is 7.34. The van der Waals surface area contributed by atoms with Gasteiger partial charge < -0.3 is 10.6 Å². The molecule has 1 aliphatic rings. The van der Waals surface area contributed by atoms with Crippen molar-refractivity contribution < 1.29 is 14.0 Å². The van der Waals surface area contributed by atoms with Crippen LogP contribution in [0.25, 0.3) is 5.52 Å². The van der Waals surface area contributed by atoms with E-state index in [4.69, 9.17) is 0 Å². The predicted molar refractivity (Wildman–Crippen MR) is 109 cm³/mol. The Labute approximate surface area is 168 Å². The van der Waals surface area contributed by atoms with Gasteiger partial charge in [0.25, 0.3) is 11.8 Å². The van der Waals surface area contributed by atoms with E-state index in [1.807, 2.05) is 0 Å². The Hall–Kier alpha value is -3.22. The van der Waals surface area contributed by atoms with Gasteiger partial charge in [0.2, 0.25) is 5.82 Å². The minimum absolute atomic E-state index is 0.0686. The minimum Gasteiger partial charge on any atom is -0.347 e. The van der Waals surface area contributed by atoms with Crippen LogP contribution >= 0.6 is 0 Å². The number of anilines is 1. The van der Waals surface area contributed by atoms with Crippen LogP contribution in [0, 0.1) is 5.82 Å². The highest BCUT2D eigenvalue weighted by Crippen LogP contribution is 2.20. The van der Waals surface area contributed by atoms with Gasteiger partial charge >= 0.3 is 0 Å². The summed E-state index contributed by atoms with van der Waals surface area (Å²) in [6, 6.07) is 11.3.